The fraction of sp³-hybridized carbons (Fsp3) is 0.0476. The molecule has 0 radical (unpaired) electrons. The average molecular weight is 377 g/mol. The predicted octanol–water partition coefficient (Wildman–Crippen LogP) is 2.94. The van der Waals surface area contributed by atoms with E-state index in [1.807, 2.05) is 0 Å². The Balaban J connectivity index is 2.35. The van der Waals surface area contributed by atoms with Crippen LogP contribution >= 0.6 is 11.6 Å². The first-order valence-electron chi connectivity index (χ1n) is 7.60. The number of rotatable bonds is 3. The van der Waals surface area contributed by atoms with Crippen molar-refractivity contribution < 1.29 is 0 Å². The van der Waals surface area contributed by atoms with Crippen LogP contribution in [0.15, 0.2) is 91.0 Å². The van der Waals surface area contributed by atoms with Crippen molar-refractivity contribution in [2.45, 2.75) is 0 Å². The summed E-state index contributed by atoms with van der Waals surface area (Å²) < 4.78 is 7.64. The predicted molar refractivity (Wildman–Crippen MR) is 102 cm³/mol. The first-order valence-corrected chi connectivity index (χ1v) is 12.3. The van der Waals surface area contributed by atoms with Gasteiger partial charge in [-0.1, -0.05) is 0 Å². The van der Waals surface area contributed by atoms with E-state index in [9.17, 15) is 0 Å². The molecule has 3 aromatic carbocycles. The third-order valence-electron chi connectivity index (χ3n) is 3.96. The van der Waals surface area contributed by atoms with Gasteiger partial charge in [0, 0.05) is 0 Å². The van der Waals surface area contributed by atoms with Crippen molar-refractivity contribution >= 4 is 38.1 Å². The van der Waals surface area contributed by atoms with Gasteiger partial charge in [0.2, 0.25) is 0 Å². The Bertz CT molecular complexity index is 705. The number of alkyl halides is 1. The Morgan fingerprint density at radius 2 is 0.957 bits per heavy atom. The van der Waals surface area contributed by atoms with E-state index in [0.717, 1.165) is 0 Å². The fourth-order valence-corrected chi connectivity index (χ4v) is 11.4. The quantitative estimate of drug-likeness (QED) is 0.374. The normalized spacial score (nSPS) is 10.7. The molecule has 0 amide bonds. The summed E-state index contributed by atoms with van der Waals surface area (Å²) in [5.74, 6) is 3.54. The monoisotopic (exact) mass is 378 g/mol. The summed E-state index contributed by atoms with van der Waals surface area (Å²) in [6.07, 6.45) is 0. The molecule has 0 saturated carbocycles. The zero-order valence-electron chi connectivity index (χ0n) is 12.7. The molecular weight excluding hydrogens is 360 g/mol. The Labute approximate surface area is 145 Å². The fourth-order valence-electron chi connectivity index (χ4n) is 2.95. The molecule has 0 unspecified atom stereocenters. The van der Waals surface area contributed by atoms with Crippen LogP contribution < -0.4 is 13.2 Å². The Morgan fingerprint density at radius 3 is 1.26 bits per heavy atom. The van der Waals surface area contributed by atoms with Gasteiger partial charge < -0.3 is 0 Å². The molecule has 0 spiro atoms. The van der Waals surface area contributed by atoms with Gasteiger partial charge in [0.1, 0.15) is 0 Å². The van der Waals surface area contributed by atoms with E-state index < -0.39 is 13.3 Å². The summed E-state index contributed by atoms with van der Waals surface area (Å²) in [5, 5.41) is 0. The van der Waals surface area contributed by atoms with E-state index in [-0.39, 0.29) is 0 Å². The molecule has 0 aliphatic carbocycles. The molecule has 0 N–H and O–H groups in total. The van der Waals surface area contributed by atoms with Crippen molar-refractivity contribution in [1.29, 1.82) is 0 Å². The number of hydrogen-bond acceptors (Lipinski definition) is 0. The second-order valence-electron chi connectivity index (χ2n) is 5.28. The van der Waals surface area contributed by atoms with Gasteiger partial charge in [0.15, 0.2) is 0 Å². The summed E-state index contributed by atoms with van der Waals surface area (Å²) in [4.78, 5) is 0. The number of halogens is 1. The minimum atomic E-state index is -3.05. The van der Waals surface area contributed by atoms with Gasteiger partial charge in [0.25, 0.3) is 0 Å². The Hall–Kier alpha value is -1.95. The van der Waals surface area contributed by atoms with Crippen LogP contribution in [0.3, 0.4) is 0 Å². The first kappa shape index (κ1) is 15.9. The van der Waals surface area contributed by atoms with E-state index in [1.54, 1.807) is 0 Å². The van der Waals surface area contributed by atoms with E-state index >= 15 is 0 Å². The van der Waals surface area contributed by atoms with Gasteiger partial charge in [-0.3, -0.25) is 0 Å². The zero-order chi connectivity index (χ0) is 16.0. The van der Waals surface area contributed by atoms with Crippen LogP contribution in [0.5, 0.6) is 0 Å². The van der Waals surface area contributed by atoms with Crippen LogP contribution in [0, 0.1) is 10.7 Å². The van der Waals surface area contributed by atoms with Crippen molar-refractivity contribution in [2.24, 2.45) is 0 Å². The van der Waals surface area contributed by atoms with Crippen molar-refractivity contribution in [3.8, 4) is 10.7 Å². The van der Waals surface area contributed by atoms with Gasteiger partial charge >= 0.3 is 146 Å². The standard InChI is InChI=1S/C21H17ClGe/c22-17-10-18-23(19-11-4-1-5-12-19,20-13-6-2-7-14-20)21-15-8-3-9-16-21/h1-9,11-16H,17H2. The summed E-state index contributed by atoms with van der Waals surface area (Å²) in [5.41, 5.74) is 0. The van der Waals surface area contributed by atoms with Crippen molar-refractivity contribution in [3.05, 3.63) is 91.0 Å². The SMILES string of the molecule is ClCC#[C][Ge]([c]1ccccc1)([c]1ccccc1)[c]1ccccc1. The molecule has 112 valence electrons. The molecule has 0 aliphatic rings. The summed E-state index contributed by atoms with van der Waals surface area (Å²) in [7, 11) is 0. The van der Waals surface area contributed by atoms with Gasteiger partial charge in [-0.25, -0.2) is 0 Å². The van der Waals surface area contributed by atoms with Crippen molar-refractivity contribution in [2.75, 3.05) is 5.88 Å². The maximum atomic E-state index is 5.93. The molecular formula is C21H17ClGe. The van der Waals surface area contributed by atoms with Crippen molar-refractivity contribution in [1.82, 2.24) is 0 Å². The maximum absolute atomic E-state index is 5.93. The van der Waals surface area contributed by atoms with Gasteiger partial charge in [-0.05, 0) is 0 Å². The molecule has 3 aromatic rings. The van der Waals surface area contributed by atoms with E-state index in [4.69, 9.17) is 11.6 Å². The molecule has 0 bridgehead atoms. The Morgan fingerprint density at radius 1 is 0.609 bits per heavy atom. The molecule has 0 saturated heterocycles. The molecule has 0 fully saturated rings. The van der Waals surface area contributed by atoms with Gasteiger partial charge in [-0.15, -0.1) is 0 Å². The third kappa shape index (κ3) is 3.22. The average Bonchev–Trinajstić information content (AvgIpc) is 2.65. The Kier molecular flexibility index (Phi) is 5.23. The minimum absolute atomic E-state index is 0.361. The van der Waals surface area contributed by atoms with Crippen LogP contribution in [-0.4, -0.2) is 19.1 Å². The van der Waals surface area contributed by atoms with E-state index in [0.29, 0.717) is 5.88 Å². The topological polar surface area (TPSA) is 0 Å². The second-order valence-corrected chi connectivity index (χ2v) is 12.9. The van der Waals surface area contributed by atoms with Crippen LogP contribution in [0.4, 0.5) is 0 Å². The summed E-state index contributed by atoms with van der Waals surface area (Å²) in [6.45, 7) is 0. The van der Waals surface area contributed by atoms with Crippen molar-refractivity contribution in [3.63, 3.8) is 0 Å². The molecule has 23 heavy (non-hydrogen) atoms. The third-order valence-corrected chi connectivity index (χ3v) is 12.8. The van der Waals surface area contributed by atoms with Crippen LogP contribution in [0.25, 0.3) is 0 Å². The van der Waals surface area contributed by atoms with E-state index in [1.165, 1.54) is 13.2 Å². The second kappa shape index (κ2) is 7.55. The molecule has 3 rings (SSSR count). The summed E-state index contributed by atoms with van der Waals surface area (Å²) in [6, 6.07) is 32.0. The molecule has 0 aliphatic heterocycles. The van der Waals surface area contributed by atoms with Gasteiger partial charge in [-0.2, -0.15) is 0 Å². The first-order chi connectivity index (χ1) is 11.4. The number of hydrogen-bond donors (Lipinski definition) is 0. The summed E-state index contributed by atoms with van der Waals surface area (Å²) >= 11 is 2.88. The van der Waals surface area contributed by atoms with Crippen LogP contribution in [0.2, 0.25) is 0 Å². The zero-order valence-corrected chi connectivity index (χ0v) is 15.6. The van der Waals surface area contributed by atoms with Gasteiger partial charge in [0.05, 0.1) is 0 Å². The van der Waals surface area contributed by atoms with Crippen LogP contribution in [0.1, 0.15) is 0 Å². The number of benzene rings is 3. The van der Waals surface area contributed by atoms with E-state index in [2.05, 4.69) is 102 Å². The molecule has 0 aromatic heterocycles. The molecule has 0 atom stereocenters. The molecule has 0 nitrogen and oxygen atoms in total. The van der Waals surface area contributed by atoms with Crippen LogP contribution in [-0.2, 0) is 0 Å². The molecule has 0 heterocycles. The molecule has 2 heteroatoms.